The third-order valence-corrected chi connectivity index (χ3v) is 6.07. The molecule has 3 rings (SSSR count). The van der Waals surface area contributed by atoms with Gasteiger partial charge >= 0.3 is 0 Å². The van der Waals surface area contributed by atoms with Crippen molar-refractivity contribution in [3.05, 3.63) is 34.7 Å². The van der Waals surface area contributed by atoms with Crippen molar-refractivity contribution >= 4 is 38.1 Å². The summed E-state index contributed by atoms with van der Waals surface area (Å²) in [5, 5.41) is 3.65. The Labute approximate surface area is 139 Å². The van der Waals surface area contributed by atoms with Crippen molar-refractivity contribution in [3.63, 3.8) is 0 Å². The first kappa shape index (κ1) is 15.7. The van der Waals surface area contributed by atoms with E-state index in [2.05, 4.69) is 9.88 Å². The van der Waals surface area contributed by atoms with Crippen LogP contribution in [0.3, 0.4) is 0 Å². The van der Waals surface area contributed by atoms with E-state index in [9.17, 15) is 8.42 Å². The number of halogens is 1. The molecule has 1 aliphatic heterocycles. The summed E-state index contributed by atoms with van der Waals surface area (Å²) in [6.07, 6.45) is 1.25. The number of nitrogens with zero attached hydrogens (tertiary/aromatic N) is 3. The number of hydrogen-bond acceptors (Lipinski definition) is 5. The van der Waals surface area contributed by atoms with Crippen LogP contribution < -0.4 is 4.90 Å². The summed E-state index contributed by atoms with van der Waals surface area (Å²) < 4.78 is 24.6. The fraction of sp³-hybridized carbons (Fsp3) is 0.357. The fourth-order valence-electron chi connectivity index (χ4n) is 2.37. The zero-order valence-corrected chi connectivity index (χ0v) is 14.5. The van der Waals surface area contributed by atoms with Gasteiger partial charge in [-0.15, -0.1) is 11.3 Å². The van der Waals surface area contributed by atoms with Gasteiger partial charge in [-0.2, -0.15) is 4.31 Å². The van der Waals surface area contributed by atoms with Crippen molar-refractivity contribution < 1.29 is 8.42 Å². The van der Waals surface area contributed by atoms with E-state index >= 15 is 0 Å². The molecule has 118 valence electrons. The Morgan fingerprint density at radius 3 is 2.36 bits per heavy atom. The Balaban J connectivity index is 1.71. The van der Waals surface area contributed by atoms with Gasteiger partial charge in [0.1, 0.15) is 0 Å². The molecule has 0 unspecified atom stereocenters. The number of sulfonamides is 1. The first-order chi connectivity index (χ1) is 10.4. The van der Waals surface area contributed by atoms with Crippen LogP contribution in [-0.4, -0.2) is 50.1 Å². The minimum absolute atomic E-state index is 0.509. The number of benzene rings is 1. The smallest absolute Gasteiger partial charge is 0.211 e. The molecule has 22 heavy (non-hydrogen) atoms. The molecule has 2 heterocycles. The van der Waals surface area contributed by atoms with E-state index in [4.69, 9.17) is 11.6 Å². The van der Waals surface area contributed by atoms with Crippen LogP contribution in [0.15, 0.2) is 29.6 Å². The fourth-order valence-corrected chi connectivity index (χ4v) is 4.21. The highest BCUT2D eigenvalue weighted by molar-refractivity contribution is 7.88. The zero-order valence-electron chi connectivity index (χ0n) is 12.1. The molecule has 1 fully saturated rings. The average Bonchev–Trinajstić information content (AvgIpc) is 2.97. The Bertz CT molecular complexity index is 751. The maximum absolute atomic E-state index is 11.5. The number of hydrogen-bond donors (Lipinski definition) is 0. The Morgan fingerprint density at radius 1 is 1.14 bits per heavy atom. The van der Waals surface area contributed by atoms with E-state index in [1.54, 1.807) is 11.3 Å². The minimum Gasteiger partial charge on any atom is -0.345 e. The summed E-state index contributed by atoms with van der Waals surface area (Å²) in [4.78, 5) is 6.79. The molecule has 1 aromatic carbocycles. The summed E-state index contributed by atoms with van der Waals surface area (Å²) in [6, 6.07) is 7.59. The molecule has 0 aliphatic carbocycles. The topological polar surface area (TPSA) is 53.5 Å². The summed E-state index contributed by atoms with van der Waals surface area (Å²) in [7, 11) is -3.10. The van der Waals surface area contributed by atoms with Crippen molar-refractivity contribution in [1.29, 1.82) is 0 Å². The maximum atomic E-state index is 11.5. The molecule has 0 bridgehead atoms. The van der Waals surface area contributed by atoms with Crippen molar-refractivity contribution in [2.24, 2.45) is 0 Å². The molecule has 1 aliphatic rings. The summed E-state index contributed by atoms with van der Waals surface area (Å²) >= 11 is 7.47. The van der Waals surface area contributed by atoms with Crippen molar-refractivity contribution in [2.45, 2.75) is 0 Å². The largest absolute Gasteiger partial charge is 0.345 e. The number of rotatable bonds is 3. The van der Waals surface area contributed by atoms with E-state index in [1.807, 2.05) is 29.6 Å². The predicted molar refractivity (Wildman–Crippen MR) is 91.2 cm³/mol. The van der Waals surface area contributed by atoms with Gasteiger partial charge in [0.25, 0.3) is 0 Å². The van der Waals surface area contributed by atoms with E-state index < -0.39 is 10.0 Å². The quantitative estimate of drug-likeness (QED) is 0.847. The van der Waals surface area contributed by atoms with Crippen LogP contribution in [-0.2, 0) is 10.0 Å². The van der Waals surface area contributed by atoms with Crippen LogP contribution in [0, 0.1) is 0 Å². The van der Waals surface area contributed by atoms with E-state index in [0.29, 0.717) is 31.2 Å². The number of piperazine rings is 1. The lowest BCUT2D eigenvalue weighted by atomic mass is 10.2. The van der Waals surface area contributed by atoms with Gasteiger partial charge in [-0.1, -0.05) is 23.7 Å². The lowest BCUT2D eigenvalue weighted by Crippen LogP contribution is -2.48. The second-order valence-corrected chi connectivity index (χ2v) is 8.43. The molecule has 0 spiro atoms. The van der Waals surface area contributed by atoms with Crippen molar-refractivity contribution in [3.8, 4) is 11.3 Å². The highest BCUT2D eigenvalue weighted by atomic mass is 35.5. The van der Waals surface area contributed by atoms with Gasteiger partial charge in [0.15, 0.2) is 5.13 Å². The first-order valence-electron chi connectivity index (χ1n) is 6.85. The second kappa shape index (κ2) is 6.16. The molecular formula is C14H16ClN3O2S2. The van der Waals surface area contributed by atoms with Crippen LogP contribution in [0.2, 0.25) is 5.02 Å². The minimum atomic E-state index is -3.10. The van der Waals surface area contributed by atoms with E-state index in [0.717, 1.165) is 16.4 Å². The van der Waals surface area contributed by atoms with Gasteiger partial charge in [-0.3, -0.25) is 0 Å². The monoisotopic (exact) mass is 357 g/mol. The Hall–Kier alpha value is -1.15. The van der Waals surface area contributed by atoms with Crippen LogP contribution in [0.5, 0.6) is 0 Å². The Kier molecular flexibility index (Phi) is 4.40. The zero-order chi connectivity index (χ0) is 15.7. The van der Waals surface area contributed by atoms with Crippen LogP contribution in [0.4, 0.5) is 5.13 Å². The molecule has 5 nitrogen and oxygen atoms in total. The third-order valence-electron chi connectivity index (χ3n) is 3.61. The first-order valence-corrected chi connectivity index (χ1v) is 9.95. The van der Waals surface area contributed by atoms with E-state index in [-0.39, 0.29) is 0 Å². The summed E-state index contributed by atoms with van der Waals surface area (Å²) in [5.41, 5.74) is 1.95. The molecule has 0 atom stereocenters. The lowest BCUT2D eigenvalue weighted by Gasteiger charge is -2.32. The maximum Gasteiger partial charge on any atom is 0.211 e. The highest BCUT2D eigenvalue weighted by Crippen LogP contribution is 2.28. The molecule has 2 aromatic rings. The van der Waals surface area contributed by atoms with Crippen LogP contribution in [0.25, 0.3) is 11.3 Å². The van der Waals surface area contributed by atoms with Gasteiger partial charge in [0.2, 0.25) is 10.0 Å². The Morgan fingerprint density at radius 2 is 1.77 bits per heavy atom. The molecule has 0 radical (unpaired) electrons. The normalized spacial score (nSPS) is 16.9. The van der Waals surface area contributed by atoms with Crippen molar-refractivity contribution in [2.75, 3.05) is 37.3 Å². The third kappa shape index (κ3) is 3.43. The van der Waals surface area contributed by atoms with E-state index in [1.165, 1.54) is 10.6 Å². The van der Waals surface area contributed by atoms with Gasteiger partial charge in [-0.25, -0.2) is 13.4 Å². The van der Waals surface area contributed by atoms with Gasteiger partial charge in [0, 0.05) is 42.1 Å². The molecule has 0 saturated carbocycles. The van der Waals surface area contributed by atoms with Gasteiger partial charge in [-0.05, 0) is 12.1 Å². The summed E-state index contributed by atoms with van der Waals surface area (Å²) in [5.74, 6) is 0. The SMILES string of the molecule is CS(=O)(=O)N1CCN(c2nc(-c3ccc(Cl)cc3)cs2)CC1. The number of anilines is 1. The van der Waals surface area contributed by atoms with Crippen LogP contribution >= 0.6 is 22.9 Å². The van der Waals surface area contributed by atoms with Crippen LogP contribution in [0.1, 0.15) is 0 Å². The second-order valence-electron chi connectivity index (χ2n) is 5.17. The standard InChI is InChI=1S/C14H16ClN3O2S2/c1-22(19,20)18-8-6-17(7-9-18)14-16-13(10-21-14)11-2-4-12(15)5-3-11/h2-5,10H,6-9H2,1H3. The molecular weight excluding hydrogens is 342 g/mol. The predicted octanol–water partition coefficient (Wildman–Crippen LogP) is 2.55. The molecule has 1 aromatic heterocycles. The highest BCUT2D eigenvalue weighted by Gasteiger charge is 2.24. The molecule has 8 heteroatoms. The molecule has 0 amide bonds. The van der Waals surface area contributed by atoms with Gasteiger partial charge < -0.3 is 4.90 Å². The molecule has 1 saturated heterocycles. The average molecular weight is 358 g/mol. The summed E-state index contributed by atoms with van der Waals surface area (Å²) in [6.45, 7) is 2.35. The number of aromatic nitrogens is 1. The van der Waals surface area contributed by atoms with Crippen molar-refractivity contribution in [1.82, 2.24) is 9.29 Å². The number of thiazole rings is 1. The lowest BCUT2D eigenvalue weighted by molar-refractivity contribution is 0.388. The molecule has 0 N–H and O–H groups in total. The van der Waals surface area contributed by atoms with Gasteiger partial charge in [0.05, 0.1) is 11.9 Å².